The molecule has 0 bridgehead atoms. The van der Waals surface area contributed by atoms with E-state index in [1.165, 1.54) is 6.20 Å². The van der Waals surface area contributed by atoms with Gasteiger partial charge in [0.2, 0.25) is 0 Å². The first-order valence-electron chi connectivity index (χ1n) is 9.36. The summed E-state index contributed by atoms with van der Waals surface area (Å²) in [6.07, 6.45) is -3.16. The Morgan fingerprint density at radius 3 is 2.48 bits per heavy atom. The smallest absolute Gasteiger partial charge is 0.416 e. The first-order chi connectivity index (χ1) is 13.6. The molecular formula is C21H23F3N2O3. The Balaban J connectivity index is 1.58. The number of halogens is 3. The lowest BCUT2D eigenvalue weighted by Crippen LogP contribution is -2.49. The van der Waals surface area contributed by atoms with Crippen LogP contribution in [0, 0.1) is 5.92 Å². The zero-order valence-corrected chi connectivity index (χ0v) is 16.2. The summed E-state index contributed by atoms with van der Waals surface area (Å²) < 4.78 is 45.5. The highest BCUT2D eigenvalue weighted by Crippen LogP contribution is 2.35. The molecule has 1 saturated heterocycles. The number of alkyl halides is 3. The number of hydrogen-bond donors (Lipinski definition) is 1. The number of ether oxygens (including phenoxy) is 1. The van der Waals surface area contributed by atoms with Crippen molar-refractivity contribution in [2.24, 2.45) is 5.92 Å². The van der Waals surface area contributed by atoms with E-state index in [1.807, 2.05) is 17.0 Å². The summed E-state index contributed by atoms with van der Waals surface area (Å²) >= 11 is 0. The predicted octanol–water partition coefficient (Wildman–Crippen LogP) is 4.32. The maximum absolute atomic E-state index is 13.3. The fraction of sp³-hybridized carbons (Fsp3) is 0.429. The molecule has 1 N–H and O–H groups in total. The molecule has 0 spiro atoms. The Kier molecular flexibility index (Phi) is 6.12. The number of aliphatic carboxylic acids is 1. The van der Waals surface area contributed by atoms with Crippen LogP contribution in [0.25, 0.3) is 0 Å². The molecule has 1 fully saturated rings. The molecule has 2 heterocycles. The summed E-state index contributed by atoms with van der Waals surface area (Å²) in [5, 5.41) is 8.90. The standard InChI is InChI=1S/C21H23F3N2O3/c1-13(2)18-8-25-16(7-19(18)21(22,23)24)12-29-17-5-3-14(4-6-17)9-26-10-15(11-26)20(27)28/h3-8,13,15H,9-12H2,1-2H3,(H,27,28). The van der Waals surface area contributed by atoms with Crippen molar-refractivity contribution >= 4 is 5.97 Å². The van der Waals surface area contributed by atoms with E-state index in [1.54, 1.807) is 26.0 Å². The summed E-state index contributed by atoms with van der Waals surface area (Å²) in [4.78, 5) is 17.0. The van der Waals surface area contributed by atoms with Crippen molar-refractivity contribution in [3.05, 3.63) is 58.9 Å². The van der Waals surface area contributed by atoms with Crippen LogP contribution in [0.2, 0.25) is 0 Å². The fourth-order valence-electron chi connectivity index (χ4n) is 3.26. The molecular weight excluding hydrogens is 385 g/mol. The first kappa shape index (κ1) is 21.1. The van der Waals surface area contributed by atoms with Crippen LogP contribution in [0.4, 0.5) is 13.2 Å². The number of likely N-dealkylation sites (tertiary alicyclic amines) is 1. The van der Waals surface area contributed by atoms with Gasteiger partial charge in [0.05, 0.1) is 17.2 Å². The van der Waals surface area contributed by atoms with Crippen molar-refractivity contribution < 1.29 is 27.8 Å². The number of carboxylic acids is 1. The molecule has 2 aromatic rings. The third kappa shape index (κ3) is 5.26. The molecule has 0 aliphatic carbocycles. The molecule has 0 radical (unpaired) electrons. The number of pyridine rings is 1. The van der Waals surface area contributed by atoms with Crippen molar-refractivity contribution in [3.8, 4) is 5.75 Å². The van der Waals surface area contributed by atoms with Gasteiger partial charge in [-0.05, 0) is 35.2 Å². The topological polar surface area (TPSA) is 62.7 Å². The highest BCUT2D eigenvalue weighted by atomic mass is 19.4. The van der Waals surface area contributed by atoms with Gasteiger partial charge < -0.3 is 9.84 Å². The number of rotatable bonds is 7. The average molecular weight is 408 g/mol. The molecule has 156 valence electrons. The van der Waals surface area contributed by atoms with Crippen LogP contribution in [-0.2, 0) is 24.1 Å². The van der Waals surface area contributed by atoms with Gasteiger partial charge in [0, 0.05) is 25.8 Å². The third-order valence-corrected chi connectivity index (χ3v) is 4.94. The Labute approximate surface area is 167 Å². The van der Waals surface area contributed by atoms with Gasteiger partial charge in [-0.2, -0.15) is 13.2 Å². The Morgan fingerprint density at radius 2 is 1.93 bits per heavy atom. The molecule has 1 aromatic heterocycles. The highest BCUT2D eigenvalue weighted by molar-refractivity contribution is 5.71. The van der Waals surface area contributed by atoms with E-state index in [2.05, 4.69) is 4.98 Å². The van der Waals surface area contributed by atoms with E-state index < -0.39 is 17.7 Å². The summed E-state index contributed by atoms with van der Waals surface area (Å²) in [6.45, 7) is 5.06. The lowest BCUT2D eigenvalue weighted by Gasteiger charge is -2.36. The third-order valence-electron chi connectivity index (χ3n) is 4.94. The highest BCUT2D eigenvalue weighted by Gasteiger charge is 2.34. The number of carbonyl (C=O) groups is 1. The van der Waals surface area contributed by atoms with Crippen molar-refractivity contribution in [1.82, 2.24) is 9.88 Å². The minimum Gasteiger partial charge on any atom is -0.487 e. The van der Waals surface area contributed by atoms with E-state index in [0.717, 1.165) is 11.6 Å². The van der Waals surface area contributed by atoms with Gasteiger partial charge in [-0.25, -0.2) is 0 Å². The number of carboxylic acid groups (broad SMARTS) is 1. The zero-order chi connectivity index (χ0) is 21.2. The lowest BCUT2D eigenvalue weighted by molar-refractivity contribution is -0.147. The van der Waals surface area contributed by atoms with Crippen molar-refractivity contribution in [2.45, 2.75) is 39.1 Å². The second-order valence-electron chi connectivity index (χ2n) is 7.58. The maximum Gasteiger partial charge on any atom is 0.416 e. The fourth-order valence-corrected chi connectivity index (χ4v) is 3.26. The van der Waals surface area contributed by atoms with Crippen LogP contribution in [0.15, 0.2) is 36.5 Å². The Morgan fingerprint density at radius 1 is 1.28 bits per heavy atom. The van der Waals surface area contributed by atoms with Gasteiger partial charge >= 0.3 is 12.1 Å². The maximum atomic E-state index is 13.3. The predicted molar refractivity (Wildman–Crippen MR) is 101 cm³/mol. The molecule has 5 nitrogen and oxygen atoms in total. The molecule has 0 unspecified atom stereocenters. The number of benzene rings is 1. The minimum atomic E-state index is -4.44. The van der Waals surface area contributed by atoms with Gasteiger partial charge in [-0.3, -0.25) is 14.7 Å². The van der Waals surface area contributed by atoms with Crippen molar-refractivity contribution in [3.63, 3.8) is 0 Å². The van der Waals surface area contributed by atoms with Gasteiger partial charge in [-0.1, -0.05) is 26.0 Å². The monoisotopic (exact) mass is 408 g/mol. The molecule has 1 aliphatic heterocycles. The van der Waals surface area contributed by atoms with Gasteiger partial charge in [0.15, 0.2) is 0 Å². The van der Waals surface area contributed by atoms with Crippen LogP contribution < -0.4 is 4.74 Å². The molecule has 1 aliphatic rings. The van der Waals surface area contributed by atoms with E-state index >= 15 is 0 Å². The largest absolute Gasteiger partial charge is 0.487 e. The quantitative estimate of drug-likeness (QED) is 0.739. The van der Waals surface area contributed by atoms with Crippen LogP contribution in [0.3, 0.4) is 0 Å². The van der Waals surface area contributed by atoms with Gasteiger partial charge in [0.1, 0.15) is 12.4 Å². The number of hydrogen-bond acceptors (Lipinski definition) is 4. The van der Waals surface area contributed by atoms with Crippen molar-refractivity contribution in [2.75, 3.05) is 13.1 Å². The summed E-state index contributed by atoms with van der Waals surface area (Å²) in [6, 6.07) is 8.26. The number of aromatic nitrogens is 1. The van der Waals surface area contributed by atoms with Crippen LogP contribution in [0.1, 0.15) is 42.1 Å². The van der Waals surface area contributed by atoms with Crippen LogP contribution in [0.5, 0.6) is 5.75 Å². The van der Waals surface area contributed by atoms with Crippen LogP contribution >= 0.6 is 0 Å². The van der Waals surface area contributed by atoms with Crippen molar-refractivity contribution in [1.29, 1.82) is 0 Å². The van der Waals surface area contributed by atoms with E-state index in [0.29, 0.717) is 25.4 Å². The molecule has 3 rings (SSSR count). The second kappa shape index (κ2) is 8.41. The lowest BCUT2D eigenvalue weighted by atomic mass is 9.98. The normalized spacial score (nSPS) is 15.4. The Bertz CT molecular complexity index is 860. The molecule has 0 saturated carbocycles. The number of nitrogens with zero attached hydrogens (tertiary/aromatic N) is 2. The molecule has 0 atom stereocenters. The zero-order valence-electron chi connectivity index (χ0n) is 16.2. The van der Waals surface area contributed by atoms with E-state index in [4.69, 9.17) is 9.84 Å². The summed E-state index contributed by atoms with van der Waals surface area (Å²) in [5.41, 5.74) is 0.721. The second-order valence-corrected chi connectivity index (χ2v) is 7.58. The summed E-state index contributed by atoms with van der Waals surface area (Å²) in [7, 11) is 0. The van der Waals surface area contributed by atoms with Gasteiger partial charge in [0.25, 0.3) is 0 Å². The van der Waals surface area contributed by atoms with Crippen LogP contribution in [-0.4, -0.2) is 34.0 Å². The van der Waals surface area contributed by atoms with E-state index in [-0.39, 0.29) is 29.7 Å². The Hall–Kier alpha value is -2.61. The SMILES string of the molecule is CC(C)c1cnc(COc2ccc(CN3CC(C(=O)O)C3)cc2)cc1C(F)(F)F. The molecule has 1 aromatic carbocycles. The summed E-state index contributed by atoms with van der Waals surface area (Å²) in [5.74, 6) is -0.814. The average Bonchev–Trinajstić information content (AvgIpc) is 2.62. The first-order valence-corrected chi connectivity index (χ1v) is 9.36. The molecule has 8 heteroatoms. The molecule has 0 amide bonds. The van der Waals surface area contributed by atoms with Gasteiger partial charge in [-0.15, -0.1) is 0 Å². The molecule has 29 heavy (non-hydrogen) atoms. The minimum absolute atomic E-state index is 0.0623. The van der Waals surface area contributed by atoms with E-state index in [9.17, 15) is 18.0 Å².